The predicted octanol–water partition coefficient (Wildman–Crippen LogP) is 0.128. The zero-order chi connectivity index (χ0) is 5.11. The molecule has 0 aromatic carbocycles. The molecule has 8 heavy (non-hydrogen) atoms. The minimum absolute atomic E-state index is 0. The van der Waals surface area contributed by atoms with Crippen molar-refractivity contribution in [3.63, 3.8) is 0 Å². The van der Waals surface area contributed by atoms with Gasteiger partial charge in [-0.25, -0.2) is 0 Å². The van der Waals surface area contributed by atoms with Crippen LogP contribution < -0.4 is 0 Å². The van der Waals surface area contributed by atoms with Crippen LogP contribution >= 0.6 is 0 Å². The number of rotatable bonds is 0. The standard InChI is InChI=1S/C6H12O.Al.3H/c7-6-4-2-1-3-5-6;;;;/h6-7H,1-5H2;;;;. The molecule has 1 rings (SSSR count). The van der Waals surface area contributed by atoms with Crippen LogP contribution in [0, 0.1) is 0 Å². The van der Waals surface area contributed by atoms with Crippen LogP contribution in [0.15, 0.2) is 0 Å². The molecule has 0 bridgehead atoms. The summed E-state index contributed by atoms with van der Waals surface area (Å²) in [5.41, 5.74) is 0. The molecule has 2 heteroatoms. The fourth-order valence-electron chi connectivity index (χ4n) is 1.08. The zero-order valence-corrected chi connectivity index (χ0v) is 4.56. The normalized spacial score (nSPS) is 22.1. The number of hydrogen-bond acceptors (Lipinski definition) is 1. The van der Waals surface area contributed by atoms with Crippen molar-refractivity contribution in [2.75, 3.05) is 0 Å². The van der Waals surface area contributed by atoms with Crippen LogP contribution in [0.2, 0.25) is 0 Å². The molecule has 1 aliphatic rings. The Morgan fingerprint density at radius 2 is 1.50 bits per heavy atom. The molecular weight excluding hydrogens is 115 g/mol. The highest BCUT2D eigenvalue weighted by molar-refractivity contribution is 5.75. The third-order valence-electron chi connectivity index (χ3n) is 1.57. The summed E-state index contributed by atoms with van der Waals surface area (Å²) in [4.78, 5) is 0. The first-order chi connectivity index (χ1) is 3.39. The van der Waals surface area contributed by atoms with Crippen LogP contribution in [-0.4, -0.2) is 28.6 Å². The zero-order valence-electron chi connectivity index (χ0n) is 4.56. The van der Waals surface area contributed by atoms with Crippen molar-refractivity contribution in [2.24, 2.45) is 0 Å². The molecule has 48 valence electrons. The largest absolute Gasteiger partial charge is 0.393 e. The topological polar surface area (TPSA) is 20.2 Å². The van der Waals surface area contributed by atoms with Gasteiger partial charge in [-0.3, -0.25) is 0 Å². The molecule has 1 saturated carbocycles. The fraction of sp³-hybridized carbons (Fsp3) is 1.00. The third-order valence-corrected chi connectivity index (χ3v) is 1.57. The lowest BCUT2D eigenvalue weighted by atomic mass is 9.98. The average Bonchev–Trinajstić information content (AvgIpc) is 1.69. The highest BCUT2D eigenvalue weighted by Crippen LogP contribution is 2.16. The van der Waals surface area contributed by atoms with E-state index in [2.05, 4.69) is 0 Å². The first kappa shape index (κ1) is 8.49. The van der Waals surface area contributed by atoms with Crippen molar-refractivity contribution in [1.82, 2.24) is 0 Å². The van der Waals surface area contributed by atoms with E-state index in [1.54, 1.807) is 0 Å². The quantitative estimate of drug-likeness (QED) is 0.462. The molecule has 1 fully saturated rings. The maximum Gasteiger partial charge on any atom is 0.187 e. The van der Waals surface area contributed by atoms with Crippen molar-refractivity contribution >= 4 is 17.4 Å². The maximum atomic E-state index is 8.91. The predicted molar refractivity (Wildman–Crippen MR) is 39.0 cm³/mol. The molecular formula is C6H15AlO. The first-order valence-corrected chi connectivity index (χ1v) is 3.07. The van der Waals surface area contributed by atoms with Gasteiger partial charge in [0, 0.05) is 0 Å². The summed E-state index contributed by atoms with van der Waals surface area (Å²) >= 11 is 0. The van der Waals surface area contributed by atoms with Crippen LogP contribution in [0.1, 0.15) is 32.1 Å². The second kappa shape index (κ2) is 4.38. The molecule has 0 radical (unpaired) electrons. The van der Waals surface area contributed by atoms with Gasteiger partial charge in [-0.2, -0.15) is 0 Å². The van der Waals surface area contributed by atoms with E-state index in [-0.39, 0.29) is 23.5 Å². The average molecular weight is 130 g/mol. The molecule has 0 atom stereocenters. The van der Waals surface area contributed by atoms with Gasteiger partial charge in [0.15, 0.2) is 17.4 Å². The van der Waals surface area contributed by atoms with Gasteiger partial charge in [0.25, 0.3) is 0 Å². The maximum absolute atomic E-state index is 8.91. The molecule has 1 nitrogen and oxygen atoms in total. The van der Waals surface area contributed by atoms with Crippen LogP contribution in [0.4, 0.5) is 0 Å². The molecule has 0 amide bonds. The smallest absolute Gasteiger partial charge is 0.187 e. The minimum Gasteiger partial charge on any atom is -0.393 e. The van der Waals surface area contributed by atoms with Gasteiger partial charge in [0.1, 0.15) is 0 Å². The lowest BCUT2D eigenvalue weighted by Crippen LogP contribution is -2.09. The van der Waals surface area contributed by atoms with Crippen molar-refractivity contribution in [2.45, 2.75) is 38.2 Å². The van der Waals surface area contributed by atoms with Crippen LogP contribution in [0.25, 0.3) is 0 Å². The molecule has 0 aromatic heterocycles. The third kappa shape index (κ3) is 2.72. The highest BCUT2D eigenvalue weighted by Gasteiger charge is 2.07. The minimum atomic E-state index is 0. The monoisotopic (exact) mass is 130 g/mol. The molecule has 0 heterocycles. The van der Waals surface area contributed by atoms with Gasteiger partial charge in [-0.1, -0.05) is 19.3 Å². The van der Waals surface area contributed by atoms with E-state index in [0.717, 1.165) is 12.8 Å². The second-order valence-electron chi connectivity index (χ2n) is 2.29. The molecule has 0 aliphatic heterocycles. The van der Waals surface area contributed by atoms with Crippen molar-refractivity contribution in [1.29, 1.82) is 0 Å². The Labute approximate surface area is 61.2 Å². The Kier molecular flexibility index (Phi) is 4.65. The van der Waals surface area contributed by atoms with E-state index >= 15 is 0 Å². The van der Waals surface area contributed by atoms with Crippen molar-refractivity contribution in [3.8, 4) is 0 Å². The van der Waals surface area contributed by atoms with Gasteiger partial charge >= 0.3 is 0 Å². The van der Waals surface area contributed by atoms with Gasteiger partial charge in [0.2, 0.25) is 0 Å². The van der Waals surface area contributed by atoms with Gasteiger partial charge in [-0.15, -0.1) is 0 Å². The molecule has 0 spiro atoms. The second-order valence-corrected chi connectivity index (χ2v) is 2.29. The Balaban J connectivity index is 0.000000490. The summed E-state index contributed by atoms with van der Waals surface area (Å²) in [6, 6.07) is 0. The van der Waals surface area contributed by atoms with Gasteiger partial charge < -0.3 is 5.11 Å². The van der Waals surface area contributed by atoms with E-state index in [9.17, 15) is 0 Å². The summed E-state index contributed by atoms with van der Waals surface area (Å²) in [5.74, 6) is 0. The van der Waals surface area contributed by atoms with Crippen LogP contribution in [0.3, 0.4) is 0 Å². The Morgan fingerprint density at radius 1 is 1.00 bits per heavy atom. The molecule has 1 N–H and O–H groups in total. The number of hydrogen-bond donors (Lipinski definition) is 1. The Hall–Kier alpha value is 0.492. The van der Waals surface area contributed by atoms with Crippen molar-refractivity contribution < 1.29 is 5.11 Å². The van der Waals surface area contributed by atoms with Gasteiger partial charge in [-0.05, 0) is 12.8 Å². The highest BCUT2D eigenvalue weighted by atomic mass is 27.0. The fourth-order valence-corrected chi connectivity index (χ4v) is 1.08. The van der Waals surface area contributed by atoms with Gasteiger partial charge in [0.05, 0.1) is 6.10 Å². The molecule has 0 unspecified atom stereocenters. The molecule has 0 saturated heterocycles. The van der Waals surface area contributed by atoms with E-state index in [1.165, 1.54) is 19.3 Å². The summed E-state index contributed by atoms with van der Waals surface area (Å²) in [7, 11) is 0. The summed E-state index contributed by atoms with van der Waals surface area (Å²) in [6.07, 6.45) is 5.92. The SMILES string of the molecule is OC1CCCCC1.[AlH3]. The van der Waals surface area contributed by atoms with Crippen LogP contribution in [0.5, 0.6) is 0 Å². The lowest BCUT2D eigenvalue weighted by Gasteiger charge is -2.14. The lowest BCUT2D eigenvalue weighted by molar-refractivity contribution is 0.130. The molecule has 0 aromatic rings. The van der Waals surface area contributed by atoms with E-state index in [1.807, 2.05) is 0 Å². The number of aliphatic hydroxyl groups excluding tert-OH is 1. The van der Waals surface area contributed by atoms with E-state index in [0.29, 0.717) is 0 Å². The summed E-state index contributed by atoms with van der Waals surface area (Å²) in [5, 5.41) is 8.91. The summed E-state index contributed by atoms with van der Waals surface area (Å²) in [6.45, 7) is 0. The van der Waals surface area contributed by atoms with E-state index in [4.69, 9.17) is 5.11 Å². The summed E-state index contributed by atoms with van der Waals surface area (Å²) < 4.78 is 0. The Morgan fingerprint density at radius 3 is 1.75 bits per heavy atom. The van der Waals surface area contributed by atoms with Crippen LogP contribution in [-0.2, 0) is 0 Å². The number of aliphatic hydroxyl groups is 1. The first-order valence-electron chi connectivity index (χ1n) is 3.07. The van der Waals surface area contributed by atoms with E-state index < -0.39 is 0 Å². The molecule has 1 aliphatic carbocycles. The van der Waals surface area contributed by atoms with Crippen molar-refractivity contribution in [3.05, 3.63) is 0 Å². The Bertz CT molecular complexity index is 50.5.